The Labute approximate surface area is 126 Å². The highest BCUT2D eigenvalue weighted by Crippen LogP contribution is 2.45. The van der Waals surface area contributed by atoms with Crippen LogP contribution in [0, 0.1) is 0 Å². The number of nitrogens with zero attached hydrogens (tertiary/aromatic N) is 1. The zero-order chi connectivity index (χ0) is 14.8. The van der Waals surface area contributed by atoms with E-state index in [1.165, 1.54) is 23.1 Å². The van der Waals surface area contributed by atoms with E-state index < -0.39 is 0 Å². The molecule has 1 heterocycles. The zero-order valence-corrected chi connectivity index (χ0v) is 12.8. The number of primary amides is 1. The first-order valence-corrected chi connectivity index (χ1v) is 7.96. The number of fused-ring (bicyclic) bond motifs is 3. The van der Waals surface area contributed by atoms with E-state index in [1.807, 2.05) is 0 Å². The van der Waals surface area contributed by atoms with Gasteiger partial charge in [0.25, 0.3) is 0 Å². The minimum Gasteiger partial charge on any atom is -0.370 e. The van der Waals surface area contributed by atoms with Crippen LogP contribution in [-0.4, -0.2) is 30.4 Å². The number of hydrogen-bond acceptors (Lipinski definition) is 2. The van der Waals surface area contributed by atoms with Gasteiger partial charge in [-0.2, -0.15) is 0 Å². The molecule has 3 rings (SSSR count). The van der Waals surface area contributed by atoms with Crippen molar-refractivity contribution >= 4 is 11.5 Å². The Balaban J connectivity index is 1.62. The van der Waals surface area contributed by atoms with Crippen LogP contribution in [0.3, 0.4) is 0 Å². The van der Waals surface area contributed by atoms with Gasteiger partial charge in [0.05, 0.1) is 0 Å². The molecule has 0 saturated carbocycles. The maximum Gasteiger partial charge on any atom is 0.217 e. The molecule has 3 nitrogen and oxygen atoms in total. The highest BCUT2D eigenvalue weighted by Gasteiger charge is 2.33. The van der Waals surface area contributed by atoms with Gasteiger partial charge >= 0.3 is 0 Å². The first-order chi connectivity index (χ1) is 10.2. The van der Waals surface area contributed by atoms with Crippen molar-refractivity contribution in [3.05, 3.63) is 41.0 Å². The van der Waals surface area contributed by atoms with Crippen molar-refractivity contribution in [2.24, 2.45) is 5.73 Å². The van der Waals surface area contributed by atoms with E-state index in [9.17, 15) is 4.79 Å². The van der Waals surface area contributed by atoms with Crippen molar-refractivity contribution < 1.29 is 4.79 Å². The molecule has 1 saturated heterocycles. The molecule has 3 heteroatoms. The lowest BCUT2D eigenvalue weighted by atomic mass is 9.89. The van der Waals surface area contributed by atoms with Crippen LogP contribution in [0.2, 0.25) is 0 Å². The van der Waals surface area contributed by atoms with Crippen LogP contribution >= 0.6 is 0 Å². The summed E-state index contributed by atoms with van der Waals surface area (Å²) in [7, 11) is 0. The molecule has 21 heavy (non-hydrogen) atoms. The summed E-state index contributed by atoms with van der Waals surface area (Å²) < 4.78 is 0. The lowest BCUT2D eigenvalue weighted by Crippen LogP contribution is -2.35. The third kappa shape index (κ3) is 2.88. The van der Waals surface area contributed by atoms with E-state index in [0.29, 0.717) is 12.3 Å². The van der Waals surface area contributed by atoms with Gasteiger partial charge in [-0.05, 0) is 49.4 Å². The van der Waals surface area contributed by atoms with Gasteiger partial charge in [0.2, 0.25) is 5.91 Å². The predicted molar refractivity (Wildman–Crippen MR) is 85.9 cm³/mol. The monoisotopic (exact) mass is 284 g/mol. The molecule has 1 aromatic carbocycles. The van der Waals surface area contributed by atoms with Gasteiger partial charge in [-0.15, -0.1) is 0 Å². The summed E-state index contributed by atoms with van der Waals surface area (Å²) in [6.45, 7) is 5.63. The van der Waals surface area contributed by atoms with E-state index in [-0.39, 0.29) is 5.91 Å². The summed E-state index contributed by atoms with van der Waals surface area (Å²) in [4.78, 5) is 13.3. The summed E-state index contributed by atoms with van der Waals surface area (Å²) in [5.41, 5.74) is 11.3. The Kier molecular flexibility index (Phi) is 4.11. The van der Waals surface area contributed by atoms with E-state index in [2.05, 4.69) is 36.1 Å². The Morgan fingerprint density at radius 2 is 2.14 bits per heavy atom. The maximum atomic E-state index is 10.8. The van der Waals surface area contributed by atoms with Crippen molar-refractivity contribution in [1.82, 2.24) is 4.90 Å². The second kappa shape index (κ2) is 6.02. The molecule has 2 N–H and O–H groups in total. The SMILES string of the molecule is CC1=C2CCN(CCCCC(N)=O)CC2c2ccccc21. The zero-order valence-electron chi connectivity index (χ0n) is 12.8. The number of nitrogens with two attached hydrogens (primary N) is 1. The number of carbonyl (C=O) groups is 1. The van der Waals surface area contributed by atoms with Gasteiger partial charge in [0.1, 0.15) is 0 Å². The fraction of sp³-hybridized carbons (Fsp3) is 0.500. The third-order valence-electron chi connectivity index (χ3n) is 4.93. The predicted octanol–water partition coefficient (Wildman–Crippen LogP) is 2.92. The van der Waals surface area contributed by atoms with E-state index >= 15 is 0 Å². The van der Waals surface area contributed by atoms with Crippen LogP contribution in [0.5, 0.6) is 0 Å². The summed E-state index contributed by atoms with van der Waals surface area (Å²) in [6, 6.07) is 8.84. The molecule has 0 aromatic heterocycles. The highest BCUT2D eigenvalue weighted by atomic mass is 16.1. The molecular weight excluding hydrogens is 260 g/mol. The summed E-state index contributed by atoms with van der Waals surface area (Å²) in [6.07, 6.45) is 3.68. The highest BCUT2D eigenvalue weighted by molar-refractivity contribution is 5.77. The molecule has 1 amide bonds. The molecule has 112 valence electrons. The topological polar surface area (TPSA) is 46.3 Å². The molecular formula is C18H24N2O. The molecule has 1 aliphatic heterocycles. The normalized spacial score (nSPS) is 21.3. The van der Waals surface area contributed by atoms with Crippen LogP contribution in [0.4, 0.5) is 0 Å². The average molecular weight is 284 g/mol. The van der Waals surface area contributed by atoms with Crippen molar-refractivity contribution in [2.45, 2.75) is 38.5 Å². The second-order valence-electron chi connectivity index (χ2n) is 6.26. The second-order valence-corrected chi connectivity index (χ2v) is 6.26. The Bertz CT molecular complexity index is 576. The van der Waals surface area contributed by atoms with Crippen LogP contribution in [0.15, 0.2) is 29.8 Å². The molecule has 1 aromatic rings. The standard InChI is InChI=1S/C18H24N2O/c1-13-14-6-2-3-7-16(14)17-12-20(11-9-15(13)17)10-5-4-8-18(19)21/h2-3,6-7,17H,4-5,8-12H2,1H3,(H2,19,21). The number of piperidine rings is 1. The molecule has 1 aliphatic carbocycles. The van der Waals surface area contributed by atoms with Gasteiger partial charge < -0.3 is 10.6 Å². The Morgan fingerprint density at radius 1 is 1.33 bits per heavy atom. The smallest absolute Gasteiger partial charge is 0.217 e. The van der Waals surface area contributed by atoms with Gasteiger partial charge in [-0.25, -0.2) is 0 Å². The molecule has 0 spiro atoms. The largest absolute Gasteiger partial charge is 0.370 e. The number of rotatable bonds is 5. The summed E-state index contributed by atoms with van der Waals surface area (Å²) >= 11 is 0. The molecule has 1 atom stereocenters. The van der Waals surface area contributed by atoms with Gasteiger partial charge in [-0.3, -0.25) is 4.79 Å². The molecule has 1 fully saturated rings. The molecule has 1 unspecified atom stereocenters. The average Bonchev–Trinajstić information content (AvgIpc) is 2.77. The lowest BCUT2D eigenvalue weighted by molar-refractivity contribution is -0.118. The Morgan fingerprint density at radius 3 is 2.95 bits per heavy atom. The fourth-order valence-corrected chi connectivity index (χ4v) is 3.80. The molecule has 2 aliphatic rings. The van der Waals surface area contributed by atoms with Gasteiger partial charge in [0, 0.05) is 25.4 Å². The number of likely N-dealkylation sites (tertiary alicyclic amines) is 1. The third-order valence-corrected chi connectivity index (χ3v) is 4.93. The number of allylic oxidation sites excluding steroid dienone is 1. The van der Waals surface area contributed by atoms with Crippen molar-refractivity contribution in [2.75, 3.05) is 19.6 Å². The van der Waals surface area contributed by atoms with Crippen LogP contribution in [-0.2, 0) is 4.79 Å². The minimum absolute atomic E-state index is 0.181. The van der Waals surface area contributed by atoms with Crippen molar-refractivity contribution in [3.63, 3.8) is 0 Å². The first-order valence-electron chi connectivity index (χ1n) is 7.96. The Hall–Kier alpha value is -1.61. The maximum absolute atomic E-state index is 10.8. The van der Waals surface area contributed by atoms with Gasteiger partial charge in [-0.1, -0.05) is 29.8 Å². The number of hydrogen-bond donors (Lipinski definition) is 1. The quantitative estimate of drug-likeness (QED) is 0.845. The summed E-state index contributed by atoms with van der Waals surface area (Å²) in [5.74, 6) is 0.408. The van der Waals surface area contributed by atoms with Crippen LogP contribution in [0.1, 0.15) is 49.7 Å². The number of benzene rings is 1. The van der Waals surface area contributed by atoms with Gasteiger partial charge in [0.15, 0.2) is 0 Å². The number of amides is 1. The van der Waals surface area contributed by atoms with Crippen molar-refractivity contribution in [1.29, 1.82) is 0 Å². The minimum atomic E-state index is -0.181. The molecule has 0 bridgehead atoms. The van der Waals surface area contributed by atoms with Crippen LogP contribution in [0.25, 0.3) is 5.57 Å². The number of unbranched alkanes of at least 4 members (excludes halogenated alkanes) is 1. The van der Waals surface area contributed by atoms with E-state index in [1.54, 1.807) is 5.57 Å². The van der Waals surface area contributed by atoms with Crippen molar-refractivity contribution in [3.8, 4) is 0 Å². The van der Waals surface area contributed by atoms with E-state index in [0.717, 1.165) is 32.5 Å². The lowest BCUT2D eigenvalue weighted by Gasteiger charge is -2.33. The first kappa shape index (κ1) is 14.3. The van der Waals surface area contributed by atoms with Crippen LogP contribution < -0.4 is 5.73 Å². The summed E-state index contributed by atoms with van der Waals surface area (Å²) in [5, 5.41) is 0. The number of carbonyl (C=O) groups excluding carboxylic acids is 1. The molecule has 0 radical (unpaired) electrons. The fourth-order valence-electron chi connectivity index (χ4n) is 3.80. The van der Waals surface area contributed by atoms with E-state index in [4.69, 9.17) is 5.73 Å².